The molecule has 2 aliphatic rings. The van der Waals surface area contributed by atoms with Crippen LogP contribution < -0.4 is 0 Å². The number of carbonyl (C=O) groups is 2. The number of hydrogen-bond donors (Lipinski definition) is 1. The van der Waals surface area contributed by atoms with E-state index in [-0.39, 0.29) is 12.0 Å². The molecule has 0 radical (unpaired) electrons. The highest BCUT2D eigenvalue weighted by atomic mass is 19.4. The number of likely N-dealkylation sites (N-methyl/N-ethyl adjacent to an activating group) is 1. The van der Waals surface area contributed by atoms with Gasteiger partial charge in [0.2, 0.25) is 5.91 Å². The number of carboxylic acid groups (broad SMARTS) is 1. The molecule has 0 spiro atoms. The first-order valence-electron chi connectivity index (χ1n) is 10.4. The number of benzene rings is 1. The molecule has 9 heteroatoms. The molecule has 1 aromatic carbocycles. The van der Waals surface area contributed by atoms with Crippen molar-refractivity contribution in [2.75, 3.05) is 40.3 Å². The lowest BCUT2D eigenvalue weighted by molar-refractivity contribution is -0.192. The predicted octanol–water partition coefficient (Wildman–Crippen LogP) is 3.07. The van der Waals surface area contributed by atoms with Crippen molar-refractivity contribution < 1.29 is 32.6 Å². The molecule has 1 aliphatic carbocycles. The Morgan fingerprint density at radius 1 is 1.16 bits per heavy atom. The maximum absolute atomic E-state index is 12.4. The summed E-state index contributed by atoms with van der Waals surface area (Å²) in [5.74, 6) is -1.34. The molecule has 2 atom stereocenters. The third-order valence-electron chi connectivity index (χ3n) is 5.29. The summed E-state index contributed by atoms with van der Waals surface area (Å²) in [4.78, 5) is 25.3. The molecule has 0 bridgehead atoms. The first-order valence-corrected chi connectivity index (χ1v) is 10.4. The third-order valence-corrected chi connectivity index (χ3v) is 5.29. The smallest absolute Gasteiger partial charge is 0.475 e. The van der Waals surface area contributed by atoms with Gasteiger partial charge in [0, 0.05) is 25.6 Å². The first-order chi connectivity index (χ1) is 14.6. The standard InChI is InChI=1S/C20H30N2O2.C2HF3O2/c1-21(2)14-20(23)22-11-10-19(24-15-17-8-9-17)18(13-22)12-16-6-4-3-5-7-16;3-2(4,5)1(6)7/h3-7,17-19H,8-15H2,1-2H3;(H,6,7)/t18-,19+;/m0./s1. The molecule has 6 nitrogen and oxygen atoms in total. The average molecular weight is 444 g/mol. The summed E-state index contributed by atoms with van der Waals surface area (Å²) in [6, 6.07) is 10.6. The van der Waals surface area contributed by atoms with Gasteiger partial charge in [0.1, 0.15) is 0 Å². The molecule has 2 fully saturated rings. The molecule has 1 heterocycles. The number of hydrogen-bond acceptors (Lipinski definition) is 4. The minimum Gasteiger partial charge on any atom is -0.475 e. The molecule has 0 aromatic heterocycles. The molecule has 1 amide bonds. The molecule has 1 aromatic rings. The van der Waals surface area contributed by atoms with Crippen LogP contribution in [0.5, 0.6) is 0 Å². The van der Waals surface area contributed by atoms with E-state index in [4.69, 9.17) is 14.6 Å². The summed E-state index contributed by atoms with van der Waals surface area (Å²) >= 11 is 0. The largest absolute Gasteiger partial charge is 0.490 e. The zero-order valence-electron chi connectivity index (χ0n) is 18.0. The molecule has 174 valence electrons. The SMILES string of the molecule is CN(C)CC(=O)N1CC[C@@H](OCC2CC2)[C@@H](Cc2ccccc2)C1.O=C(O)C(F)(F)F. The van der Waals surface area contributed by atoms with Crippen LogP contribution in [0.25, 0.3) is 0 Å². The number of piperidine rings is 1. The van der Waals surface area contributed by atoms with Crippen LogP contribution in [-0.2, 0) is 20.7 Å². The van der Waals surface area contributed by atoms with Crippen molar-refractivity contribution in [1.29, 1.82) is 0 Å². The minimum absolute atomic E-state index is 0.235. The van der Waals surface area contributed by atoms with Crippen molar-refractivity contribution in [2.24, 2.45) is 11.8 Å². The number of halogens is 3. The van der Waals surface area contributed by atoms with Gasteiger partial charge < -0.3 is 19.6 Å². The number of amides is 1. The molecular formula is C22H31F3N2O4. The van der Waals surface area contributed by atoms with Crippen LogP contribution in [0.3, 0.4) is 0 Å². The highest BCUT2D eigenvalue weighted by molar-refractivity contribution is 5.78. The van der Waals surface area contributed by atoms with Crippen LogP contribution in [0.1, 0.15) is 24.8 Å². The van der Waals surface area contributed by atoms with Crippen LogP contribution in [0.2, 0.25) is 0 Å². The van der Waals surface area contributed by atoms with E-state index in [0.29, 0.717) is 12.5 Å². The number of rotatable bonds is 7. The van der Waals surface area contributed by atoms with E-state index in [1.807, 2.05) is 23.9 Å². The highest BCUT2D eigenvalue weighted by Gasteiger charge is 2.38. The molecular weight excluding hydrogens is 413 g/mol. The monoisotopic (exact) mass is 444 g/mol. The Hall–Kier alpha value is -2.13. The predicted molar refractivity (Wildman–Crippen MR) is 110 cm³/mol. The third kappa shape index (κ3) is 9.26. The Kier molecular flexibility index (Phi) is 9.31. The summed E-state index contributed by atoms with van der Waals surface area (Å²) in [6.07, 6.45) is -0.201. The Morgan fingerprint density at radius 3 is 2.29 bits per heavy atom. The molecule has 1 saturated carbocycles. The van der Waals surface area contributed by atoms with Crippen LogP contribution in [0.4, 0.5) is 13.2 Å². The summed E-state index contributed by atoms with van der Waals surface area (Å²) in [6.45, 7) is 3.04. The number of ether oxygens (including phenoxy) is 1. The number of carboxylic acids is 1. The van der Waals surface area contributed by atoms with Crippen molar-refractivity contribution in [3.63, 3.8) is 0 Å². The molecule has 1 N–H and O–H groups in total. The fourth-order valence-corrected chi connectivity index (χ4v) is 3.48. The van der Waals surface area contributed by atoms with Crippen molar-refractivity contribution in [3.05, 3.63) is 35.9 Å². The molecule has 31 heavy (non-hydrogen) atoms. The van der Waals surface area contributed by atoms with Crippen molar-refractivity contribution >= 4 is 11.9 Å². The van der Waals surface area contributed by atoms with Gasteiger partial charge in [0.25, 0.3) is 0 Å². The summed E-state index contributed by atoms with van der Waals surface area (Å²) in [5.41, 5.74) is 1.34. The van der Waals surface area contributed by atoms with Crippen molar-refractivity contribution in [3.8, 4) is 0 Å². The van der Waals surface area contributed by atoms with Gasteiger partial charge in [-0.3, -0.25) is 4.79 Å². The zero-order valence-corrected chi connectivity index (χ0v) is 18.0. The second-order valence-corrected chi connectivity index (χ2v) is 8.43. The van der Waals surface area contributed by atoms with Gasteiger partial charge in [-0.2, -0.15) is 13.2 Å². The van der Waals surface area contributed by atoms with Gasteiger partial charge in [-0.25, -0.2) is 4.79 Å². The second-order valence-electron chi connectivity index (χ2n) is 8.43. The highest BCUT2D eigenvalue weighted by Crippen LogP contribution is 2.31. The maximum Gasteiger partial charge on any atom is 0.490 e. The van der Waals surface area contributed by atoms with E-state index in [9.17, 15) is 18.0 Å². The topological polar surface area (TPSA) is 70.1 Å². The minimum atomic E-state index is -5.08. The quantitative estimate of drug-likeness (QED) is 0.700. The number of carbonyl (C=O) groups excluding carboxylic acids is 1. The normalized spacial score (nSPS) is 21.4. The second kappa shape index (κ2) is 11.5. The zero-order chi connectivity index (χ0) is 23.0. The Bertz CT molecular complexity index is 708. The Labute approximate surface area is 181 Å². The summed E-state index contributed by atoms with van der Waals surface area (Å²) < 4.78 is 38.0. The number of likely N-dealkylation sites (tertiary alicyclic amines) is 1. The molecule has 3 rings (SSSR count). The Balaban J connectivity index is 0.000000423. The van der Waals surface area contributed by atoms with E-state index in [1.165, 1.54) is 18.4 Å². The molecule has 1 aliphatic heterocycles. The van der Waals surface area contributed by atoms with Gasteiger partial charge in [-0.15, -0.1) is 0 Å². The summed E-state index contributed by atoms with van der Waals surface area (Å²) in [5, 5.41) is 7.12. The van der Waals surface area contributed by atoms with Crippen LogP contribution >= 0.6 is 0 Å². The molecule has 1 saturated heterocycles. The average Bonchev–Trinajstić information content (AvgIpc) is 3.51. The van der Waals surface area contributed by atoms with Crippen molar-refractivity contribution in [2.45, 2.75) is 38.0 Å². The fourth-order valence-electron chi connectivity index (χ4n) is 3.48. The van der Waals surface area contributed by atoms with E-state index in [1.54, 1.807) is 0 Å². The van der Waals surface area contributed by atoms with E-state index < -0.39 is 12.1 Å². The molecule has 0 unspecified atom stereocenters. The number of aliphatic carboxylic acids is 1. The fraction of sp³-hybridized carbons (Fsp3) is 0.636. The van der Waals surface area contributed by atoms with Crippen LogP contribution in [0, 0.1) is 11.8 Å². The van der Waals surface area contributed by atoms with E-state index >= 15 is 0 Å². The van der Waals surface area contributed by atoms with E-state index in [0.717, 1.165) is 38.5 Å². The van der Waals surface area contributed by atoms with Crippen LogP contribution in [-0.4, -0.2) is 79.4 Å². The van der Waals surface area contributed by atoms with Crippen LogP contribution in [0.15, 0.2) is 30.3 Å². The first kappa shape index (κ1) is 25.1. The van der Waals surface area contributed by atoms with Gasteiger partial charge in [-0.1, -0.05) is 30.3 Å². The summed E-state index contributed by atoms with van der Waals surface area (Å²) in [7, 11) is 3.90. The number of alkyl halides is 3. The van der Waals surface area contributed by atoms with Gasteiger partial charge >= 0.3 is 12.1 Å². The van der Waals surface area contributed by atoms with Gasteiger partial charge in [0.15, 0.2) is 0 Å². The lowest BCUT2D eigenvalue weighted by Crippen LogP contribution is -2.49. The lowest BCUT2D eigenvalue weighted by Gasteiger charge is -2.39. The van der Waals surface area contributed by atoms with E-state index in [2.05, 4.69) is 30.3 Å². The maximum atomic E-state index is 12.4. The van der Waals surface area contributed by atoms with Gasteiger partial charge in [-0.05, 0) is 51.3 Å². The Morgan fingerprint density at radius 2 is 1.77 bits per heavy atom. The van der Waals surface area contributed by atoms with Gasteiger partial charge in [0.05, 0.1) is 12.6 Å². The van der Waals surface area contributed by atoms with Crippen molar-refractivity contribution in [1.82, 2.24) is 9.80 Å². The lowest BCUT2D eigenvalue weighted by atomic mass is 9.88. The number of nitrogens with zero attached hydrogens (tertiary/aromatic N) is 2.